The van der Waals surface area contributed by atoms with Crippen LogP contribution in [-0.2, 0) is 11.3 Å². The maximum absolute atomic E-state index is 10.2. The fraction of sp³-hybridized carbons (Fsp3) is 0.833. The molecule has 0 aliphatic carbocycles. The second-order valence-electron chi connectivity index (χ2n) is 6.71. The fourth-order valence-electron chi connectivity index (χ4n) is 3.18. The third-order valence-electron chi connectivity index (χ3n) is 4.68. The van der Waals surface area contributed by atoms with Crippen molar-refractivity contribution in [3.05, 3.63) is 6.20 Å². The fourth-order valence-corrected chi connectivity index (χ4v) is 3.18. The monoisotopic (exact) mass is 335 g/mol. The van der Waals surface area contributed by atoms with Gasteiger partial charge in [0, 0.05) is 39.1 Å². The lowest BCUT2D eigenvalue weighted by molar-refractivity contribution is -0.107. The van der Waals surface area contributed by atoms with Crippen molar-refractivity contribution >= 4 is 12.1 Å². The molecule has 0 atom stereocenters. The maximum Gasteiger partial charge on any atom is 0.171 e. The molecule has 0 amide bonds. The lowest BCUT2D eigenvalue weighted by atomic mass is 10.1. The van der Waals surface area contributed by atoms with Crippen LogP contribution < -0.4 is 10.2 Å². The van der Waals surface area contributed by atoms with Crippen LogP contribution in [0.1, 0.15) is 64.2 Å². The van der Waals surface area contributed by atoms with Gasteiger partial charge >= 0.3 is 0 Å². The third-order valence-corrected chi connectivity index (χ3v) is 4.68. The highest BCUT2D eigenvalue weighted by atomic mass is 16.1. The average Bonchev–Trinajstić information content (AvgIpc) is 3.09. The van der Waals surface area contributed by atoms with Crippen LogP contribution in [0.2, 0.25) is 0 Å². The number of anilines is 1. The quantitative estimate of drug-likeness (QED) is 0.444. The van der Waals surface area contributed by atoms with Crippen molar-refractivity contribution in [2.24, 2.45) is 0 Å². The van der Waals surface area contributed by atoms with Crippen molar-refractivity contribution in [1.29, 1.82) is 0 Å². The van der Waals surface area contributed by atoms with Crippen LogP contribution in [0, 0.1) is 0 Å². The number of nitrogens with one attached hydrogen (secondary N) is 1. The van der Waals surface area contributed by atoms with Gasteiger partial charge in [0.25, 0.3) is 0 Å². The Morgan fingerprint density at radius 2 is 1.58 bits per heavy atom. The smallest absolute Gasteiger partial charge is 0.171 e. The summed E-state index contributed by atoms with van der Waals surface area (Å²) in [5, 5.41) is 11.9. The van der Waals surface area contributed by atoms with Gasteiger partial charge in [0.2, 0.25) is 0 Å². The van der Waals surface area contributed by atoms with Gasteiger partial charge in [-0.05, 0) is 12.8 Å². The highest BCUT2D eigenvalue weighted by Crippen LogP contribution is 2.12. The van der Waals surface area contributed by atoms with E-state index in [4.69, 9.17) is 0 Å². The summed E-state index contributed by atoms with van der Waals surface area (Å²) in [5.74, 6) is 1.02. The number of nitrogens with zero attached hydrogens (tertiary/aromatic N) is 4. The molecule has 0 radical (unpaired) electrons. The van der Waals surface area contributed by atoms with E-state index in [9.17, 15) is 4.79 Å². The van der Waals surface area contributed by atoms with Gasteiger partial charge in [-0.1, -0.05) is 50.2 Å². The Morgan fingerprint density at radius 3 is 2.25 bits per heavy atom. The zero-order chi connectivity index (χ0) is 16.9. The Balaban J connectivity index is 1.45. The Labute approximate surface area is 146 Å². The molecule has 1 aromatic heterocycles. The van der Waals surface area contributed by atoms with E-state index in [1.807, 2.05) is 4.68 Å². The lowest BCUT2D eigenvalue weighted by Gasteiger charge is -2.26. The van der Waals surface area contributed by atoms with Gasteiger partial charge in [-0.25, -0.2) is 0 Å². The van der Waals surface area contributed by atoms with Gasteiger partial charge in [0.15, 0.2) is 5.82 Å². The van der Waals surface area contributed by atoms with E-state index in [2.05, 4.69) is 26.7 Å². The number of aromatic nitrogens is 3. The first-order valence-electron chi connectivity index (χ1n) is 9.69. The Bertz CT molecular complexity index is 442. The van der Waals surface area contributed by atoms with Crippen LogP contribution in [-0.4, -0.2) is 47.5 Å². The molecule has 1 aromatic rings. The van der Waals surface area contributed by atoms with Crippen molar-refractivity contribution in [2.45, 2.75) is 70.8 Å². The highest BCUT2D eigenvalue weighted by molar-refractivity contribution is 5.48. The van der Waals surface area contributed by atoms with Crippen LogP contribution in [0.25, 0.3) is 0 Å². The molecule has 1 aliphatic rings. The predicted molar refractivity (Wildman–Crippen MR) is 97.3 cm³/mol. The minimum absolute atomic E-state index is 0.735. The first-order chi connectivity index (χ1) is 11.9. The van der Waals surface area contributed by atoms with E-state index >= 15 is 0 Å². The van der Waals surface area contributed by atoms with Gasteiger partial charge in [0.1, 0.15) is 6.29 Å². The molecule has 1 N–H and O–H groups in total. The summed E-state index contributed by atoms with van der Waals surface area (Å²) < 4.78 is 1.99. The minimum Gasteiger partial charge on any atom is -0.351 e. The van der Waals surface area contributed by atoms with Gasteiger partial charge in [0.05, 0.1) is 6.20 Å². The van der Waals surface area contributed by atoms with Crippen molar-refractivity contribution in [1.82, 2.24) is 20.3 Å². The molecule has 136 valence electrons. The summed E-state index contributed by atoms with van der Waals surface area (Å²) in [5.41, 5.74) is 0. The zero-order valence-corrected chi connectivity index (χ0v) is 15.0. The minimum atomic E-state index is 0.735. The summed E-state index contributed by atoms with van der Waals surface area (Å²) >= 11 is 0. The highest BCUT2D eigenvalue weighted by Gasteiger charge is 2.13. The molecule has 0 spiro atoms. The largest absolute Gasteiger partial charge is 0.351 e. The van der Waals surface area contributed by atoms with Gasteiger partial charge < -0.3 is 15.0 Å². The molecule has 2 rings (SSSR count). The van der Waals surface area contributed by atoms with Crippen LogP contribution in [0.5, 0.6) is 0 Å². The van der Waals surface area contributed by atoms with Crippen molar-refractivity contribution in [3.8, 4) is 0 Å². The van der Waals surface area contributed by atoms with E-state index in [-0.39, 0.29) is 0 Å². The molecule has 6 heteroatoms. The van der Waals surface area contributed by atoms with E-state index in [1.54, 1.807) is 0 Å². The zero-order valence-electron chi connectivity index (χ0n) is 15.0. The number of aryl methyl sites for hydroxylation is 1. The molecule has 24 heavy (non-hydrogen) atoms. The number of piperazine rings is 1. The van der Waals surface area contributed by atoms with Crippen molar-refractivity contribution in [2.75, 3.05) is 31.1 Å². The summed E-state index contributed by atoms with van der Waals surface area (Å²) in [6, 6.07) is 0. The molecular formula is C18H33N5O. The SMILES string of the molecule is O=CCCCCCCCCCCCn1cc(N2CCNCC2)nn1. The summed E-state index contributed by atoms with van der Waals surface area (Å²) in [7, 11) is 0. The summed E-state index contributed by atoms with van der Waals surface area (Å²) in [6.07, 6.45) is 15.2. The Morgan fingerprint density at radius 1 is 0.958 bits per heavy atom. The first-order valence-corrected chi connectivity index (χ1v) is 9.69. The van der Waals surface area contributed by atoms with E-state index < -0.39 is 0 Å². The maximum atomic E-state index is 10.2. The number of aldehydes is 1. The van der Waals surface area contributed by atoms with E-state index in [0.717, 1.165) is 57.7 Å². The lowest BCUT2D eigenvalue weighted by Crippen LogP contribution is -2.43. The van der Waals surface area contributed by atoms with E-state index in [0.29, 0.717) is 0 Å². The second kappa shape index (κ2) is 12.0. The number of hydrogen-bond acceptors (Lipinski definition) is 5. The number of rotatable bonds is 13. The van der Waals surface area contributed by atoms with Crippen molar-refractivity contribution < 1.29 is 4.79 Å². The van der Waals surface area contributed by atoms with E-state index in [1.165, 1.54) is 51.4 Å². The average molecular weight is 335 g/mol. The molecule has 0 bridgehead atoms. The number of unbranched alkanes of at least 4 members (excludes halogenated alkanes) is 9. The number of hydrogen-bond donors (Lipinski definition) is 1. The molecule has 0 unspecified atom stereocenters. The molecule has 6 nitrogen and oxygen atoms in total. The molecule has 0 saturated carbocycles. The summed E-state index contributed by atoms with van der Waals surface area (Å²) in [6.45, 7) is 5.08. The molecule has 1 saturated heterocycles. The molecule has 1 fully saturated rings. The van der Waals surface area contributed by atoms with Crippen molar-refractivity contribution in [3.63, 3.8) is 0 Å². The molecule has 0 aromatic carbocycles. The Hall–Kier alpha value is -1.43. The summed E-state index contributed by atoms with van der Waals surface area (Å²) in [4.78, 5) is 12.5. The van der Waals surface area contributed by atoms with Crippen LogP contribution in [0.15, 0.2) is 6.20 Å². The molecule has 2 heterocycles. The van der Waals surface area contributed by atoms with Crippen LogP contribution in [0.4, 0.5) is 5.82 Å². The predicted octanol–water partition coefficient (Wildman–Crippen LogP) is 2.79. The normalized spacial score (nSPS) is 14.9. The topological polar surface area (TPSA) is 63.1 Å². The molecular weight excluding hydrogens is 302 g/mol. The Kier molecular flexibility index (Phi) is 9.46. The van der Waals surface area contributed by atoms with Crippen LogP contribution in [0.3, 0.4) is 0 Å². The standard InChI is InChI=1S/C18H33N5O/c24-16-10-8-6-4-2-1-3-5-7-9-13-23-17-18(20-21-23)22-14-11-19-12-15-22/h16-17,19H,1-15H2. The van der Waals surface area contributed by atoms with Gasteiger partial charge in [-0.15, -0.1) is 5.10 Å². The second-order valence-corrected chi connectivity index (χ2v) is 6.71. The number of carbonyl (C=O) groups excluding carboxylic acids is 1. The number of carbonyl (C=O) groups is 1. The molecule has 1 aliphatic heterocycles. The van der Waals surface area contributed by atoms with Gasteiger partial charge in [-0.2, -0.15) is 0 Å². The van der Waals surface area contributed by atoms with Gasteiger partial charge in [-0.3, -0.25) is 4.68 Å². The third kappa shape index (κ3) is 7.43. The van der Waals surface area contributed by atoms with Crippen LogP contribution >= 0.6 is 0 Å². The first kappa shape index (κ1) is 18.9.